The summed E-state index contributed by atoms with van der Waals surface area (Å²) in [5.74, 6) is -0.254. The number of aromatic nitrogens is 1. The molecule has 0 radical (unpaired) electrons. The van der Waals surface area contributed by atoms with Gasteiger partial charge in [-0.25, -0.2) is 4.98 Å². The largest absolute Gasteiger partial charge is 0.382 e. The smallest absolute Gasteiger partial charge is 0.268 e. The van der Waals surface area contributed by atoms with E-state index in [0.717, 1.165) is 0 Å². The molecule has 0 aliphatic heterocycles. The number of nitrogen functional groups attached to an aromatic ring is 1. The van der Waals surface area contributed by atoms with Gasteiger partial charge in [-0.1, -0.05) is 11.3 Å². The number of nitrogens with zero attached hydrogens (tertiary/aromatic N) is 3. The maximum absolute atomic E-state index is 12.2. The Morgan fingerprint density at radius 2 is 2.00 bits per heavy atom. The van der Waals surface area contributed by atoms with Crippen molar-refractivity contribution in [3.63, 3.8) is 0 Å². The van der Waals surface area contributed by atoms with E-state index in [4.69, 9.17) is 5.73 Å². The highest BCUT2D eigenvalue weighted by atomic mass is 32.1. The maximum atomic E-state index is 12.2. The van der Waals surface area contributed by atoms with Gasteiger partial charge in [0, 0.05) is 27.7 Å². The molecule has 3 N–H and O–H groups in total. The average Bonchev–Trinajstić information content (AvgIpc) is 2.69. The Kier molecular flexibility index (Phi) is 5.11. The predicted octanol–water partition coefficient (Wildman–Crippen LogP) is 0.317. The third-order valence-corrected chi connectivity index (χ3v) is 3.41. The number of thiazole rings is 1. The fourth-order valence-electron chi connectivity index (χ4n) is 1.30. The van der Waals surface area contributed by atoms with Gasteiger partial charge in [0.05, 0.1) is 6.54 Å². The molecule has 0 aliphatic rings. The van der Waals surface area contributed by atoms with Crippen molar-refractivity contribution in [3.05, 3.63) is 4.88 Å². The first-order chi connectivity index (χ1) is 8.86. The summed E-state index contributed by atoms with van der Waals surface area (Å²) in [4.78, 5) is 30.9. The van der Waals surface area contributed by atoms with Crippen molar-refractivity contribution in [2.75, 3.05) is 45.3 Å². The van der Waals surface area contributed by atoms with E-state index < -0.39 is 0 Å². The van der Waals surface area contributed by atoms with Crippen LogP contribution in [0, 0.1) is 0 Å². The molecule has 0 saturated carbocycles. The molecule has 7 nitrogen and oxygen atoms in total. The molecule has 1 rings (SSSR count). The molecule has 0 aromatic carbocycles. The number of hydrogen-bond donors (Lipinski definition) is 2. The van der Waals surface area contributed by atoms with Crippen molar-refractivity contribution < 1.29 is 9.59 Å². The van der Waals surface area contributed by atoms with Crippen LogP contribution in [0.4, 0.5) is 10.9 Å². The monoisotopic (exact) mass is 285 g/mol. The number of amides is 2. The number of nitrogens with two attached hydrogens (primary N) is 1. The zero-order valence-electron chi connectivity index (χ0n) is 11.6. The van der Waals surface area contributed by atoms with Crippen molar-refractivity contribution >= 4 is 34.1 Å². The van der Waals surface area contributed by atoms with Crippen LogP contribution >= 0.6 is 11.3 Å². The zero-order chi connectivity index (χ0) is 14.6. The maximum Gasteiger partial charge on any atom is 0.268 e. The van der Waals surface area contributed by atoms with Crippen LogP contribution in [0.5, 0.6) is 0 Å². The van der Waals surface area contributed by atoms with E-state index in [1.165, 1.54) is 21.1 Å². The molecule has 19 heavy (non-hydrogen) atoms. The van der Waals surface area contributed by atoms with Gasteiger partial charge in [0.15, 0.2) is 5.13 Å². The van der Waals surface area contributed by atoms with E-state index in [-0.39, 0.29) is 24.2 Å². The molecule has 0 unspecified atom stereocenters. The summed E-state index contributed by atoms with van der Waals surface area (Å²) in [5, 5.41) is 3.61. The summed E-state index contributed by atoms with van der Waals surface area (Å²) < 4.78 is 0. The second kappa shape index (κ2) is 6.37. The Morgan fingerprint density at radius 3 is 2.53 bits per heavy atom. The lowest BCUT2D eigenvalue weighted by molar-refractivity contribution is -0.129. The van der Waals surface area contributed by atoms with E-state index >= 15 is 0 Å². The lowest BCUT2D eigenvalue weighted by atomic mass is 10.4. The van der Waals surface area contributed by atoms with E-state index in [1.54, 1.807) is 21.1 Å². The van der Waals surface area contributed by atoms with Gasteiger partial charge in [-0.2, -0.15) is 0 Å². The minimum absolute atomic E-state index is 0.0136. The van der Waals surface area contributed by atoms with Crippen LogP contribution < -0.4 is 11.1 Å². The number of nitrogens with one attached hydrogen (secondary N) is 1. The Labute approximate surface area is 116 Å². The number of rotatable bonds is 5. The predicted molar refractivity (Wildman–Crippen MR) is 76.3 cm³/mol. The molecule has 1 heterocycles. The van der Waals surface area contributed by atoms with Crippen LogP contribution in [0.25, 0.3) is 0 Å². The van der Waals surface area contributed by atoms with Crippen molar-refractivity contribution in [3.8, 4) is 0 Å². The van der Waals surface area contributed by atoms with Crippen molar-refractivity contribution in [2.24, 2.45) is 0 Å². The van der Waals surface area contributed by atoms with Gasteiger partial charge in [0.2, 0.25) is 5.91 Å². The Bertz CT molecular complexity index is 472. The van der Waals surface area contributed by atoms with E-state index in [0.29, 0.717) is 16.6 Å². The van der Waals surface area contributed by atoms with Crippen LogP contribution in [0.15, 0.2) is 0 Å². The molecular weight excluding hydrogens is 266 g/mol. The minimum atomic E-state index is -0.297. The Hall–Kier alpha value is -1.83. The molecule has 1 aromatic rings. The first kappa shape index (κ1) is 15.2. The first-order valence-electron chi connectivity index (χ1n) is 5.82. The summed E-state index contributed by atoms with van der Waals surface area (Å²) in [6, 6.07) is 0. The van der Waals surface area contributed by atoms with E-state index in [9.17, 15) is 9.59 Å². The molecule has 2 amide bonds. The van der Waals surface area contributed by atoms with Crippen molar-refractivity contribution in [2.45, 2.75) is 6.92 Å². The van der Waals surface area contributed by atoms with E-state index in [2.05, 4.69) is 10.3 Å². The molecule has 106 valence electrons. The summed E-state index contributed by atoms with van der Waals surface area (Å²) >= 11 is 1.19. The topological polar surface area (TPSA) is 91.6 Å². The number of likely N-dealkylation sites (N-methyl/N-ethyl adjacent to an activating group) is 2. The van der Waals surface area contributed by atoms with Crippen molar-refractivity contribution in [1.29, 1.82) is 0 Å². The third-order valence-electron chi connectivity index (χ3n) is 2.39. The highest BCUT2D eigenvalue weighted by Crippen LogP contribution is 2.25. The molecular formula is C11H19N5O2S. The van der Waals surface area contributed by atoms with Crippen LogP contribution in [-0.4, -0.2) is 60.8 Å². The average molecular weight is 285 g/mol. The molecule has 0 atom stereocenters. The zero-order valence-corrected chi connectivity index (χ0v) is 12.4. The highest BCUT2D eigenvalue weighted by Gasteiger charge is 2.21. The summed E-state index contributed by atoms with van der Waals surface area (Å²) in [5.41, 5.74) is 5.72. The molecule has 0 fully saturated rings. The lowest BCUT2D eigenvalue weighted by Crippen LogP contribution is -2.37. The second-order valence-electron chi connectivity index (χ2n) is 4.21. The van der Waals surface area contributed by atoms with Crippen LogP contribution in [0.3, 0.4) is 0 Å². The van der Waals surface area contributed by atoms with E-state index in [1.807, 2.05) is 6.92 Å². The highest BCUT2D eigenvalue weighted by molar-refractivity contribution is 7.18. The SMILES string of the molecule is CCNc1nc(N)c(C(=O)N(C)CC(=O)N(C)C)s1. The molecule has 8 heteroatoms. The van der Waals surface area contributed by atoms with Gasteiger partial charge >= 0.3 is 0 Å². The first-order valence-corrected chi connectivity index (χ1v) is 6.64. The molecule has 0 aliphatic carbocycles. The van der Waals surface area contributed by atoms with Gasteiger partial charge in [-0.15, -0.1) is 0 Å². The quantitative estimate of drug-likeness (QED) is 0.813. The fraction of sp³-hybridized carbons (Fsp3) is 0.545. The molecule has 0 saturated heterocycles. The second-order valence-corrected chi connectivity index (χ2v) is 5.21. The van der Waals surface area contributed by atoms with Gasteiger partial charge in [0.1, 0.15) is 10.7 Å². The third kappa shape index (κ3) is 3.82. The van der Waals surface area contributed by atoms with Gasteiger partial charge < -0.3 is 20.9 Å². The van der Waals surface area contributed by atoms with Crippen molar-refractivity contribution in [1.82, 2.24) is 14.8 Å². The molecule has 0 bridgehead atoms. The summed E-state index contributed by atoms with van der Waals surface area (Å²) in [6.45, 7) is 2.65. The number of anilines is 2. The number of carbonyl (C=O) groups is 2. The molecule has 1 aromatic heterocycles. The standard InChI is InChI=1S/C11H19N5O2S/c1-5-13-11-14-9(12)8(19-11)10(18)16(4)6-7(17)15(2)3/h5-6,12H2,1-4H3,(H,13,14). The fourth-order valence-corrected chi connectivity index (χ4v) is 2.25. The lowest BCUT2D eigenvalue weighted by Gasteiger charge is -2.18. The van der Waals surface area contributed by atoms with Crippen LogP contribution in [-0.2, 0) is 4.79 Å². The van der Waals surface area contributed by atoms with Crippen LogP contribution in [0.2, 0.25) is 0 Å². The number of hydrogen-bond acceptors (Lipinski definition) is 6. The van der Waals surface area contributed by atoms with Gasteiger partial charge in [-0.3, -0.25) is 9.59 Å². The minimum Gasteiger partial charge on any atom is -0.382 e. The Morgan fingerprint density at radius 1 is 1.37 bits per heavy atom. The summed E-state index contributed by atoms with van der Waals surface area (Å²) in [6.07, 6.45) is 0. The Balaban J connectivity index is 2.79. The van der Waals surface area contributed by atoms with Gasteiger partial charge in [-0.05, 0) is 6.92 Å². The summed E-state index contributed by atoms with van der Waals surface area (Å²) in [7, 11) is 4.85. The normalized spacial score (nSPS) is 10.1. The molecule has 0 spiro atoms. The van der Waals surface area contributed by atoms with Gasteiger partial charge in [0.25, 0.3) is 5.91 Å². The van der Waals surface area contributed by atoms with Crippen LogP contribution in [0.1, 0.15) is 16.6 Å². The number of carbonyl (C=O) groups excluding carboxylic acids is 2.